The first-order valence-electron chi connectivity index (χ1n) is 3.99. The monoisotopic (exact) mass is 138 g/mol. The fourth-order valence-electron chi connectivity index (χ4n) is 2.21. The summed E-state index contributed by atoms with van der Waals surface area (Å²) < 4.78 is 0. The molecule has 56 valence electrons. The van der Waals surface area contributed by atoms with Crippen molar-refractivity contribution in [2.24, 2.45) is 17.3 Å². The Morgan fingerprint density at radius 2 is 2.10 bits per heavy atom. The normalized spacial score (nSPS) is 48.5. The predicted octanol–water partition coefficient (Wildman–Crippen LogP) is 1.58. The molecule has 0 saturated heterocycles. The molecule has 0 heterocycles. The van der Waals surface area contributed by atoms with E-state index in [-0.39, 0.29) is 6.10 Å². The van der Waals surface area contributed by atoms with Crippen molar-refractivity contribution in [3.05, 3.63) is 12.2 Å². The molecule has 0 bridgehead atoms. The van der Waals surface area contributed by atoms with Crippen LogP contribution in [0.25, 0.3) is 0 Å². The molecule has 2 rings (SSSR count). The smallest absolute Gasteiger partial charge is 0.0724 e. The van der Waals surface area contributed by atoms with E-state index in [9.17, 15) is 5.11 Å². The van der Waals surface area contributed by atoms with E-state index in [2.05, 4.69) is 19.9 Å². The van der Waals surface area contributed by atoms with Gasteiger partial charge in [-0.25, -0.2) is 0 Å². The maximum atomic E-state index is 9.25. The molecule has 10 heavy (non-hydrogen) atoms. The third kappa shape index (κ3) is 0.671. The van der Waals surface area contributed by atoms with E-state index in [0.29, 0.717) is 5.41 Å². The molecule has 0 spiro atoms. The summed E-state index contributed by atoms with van der Waals surface area (Å²) in [5.74, 6) is 1.52. The second-order valence-electron chi connectivity index (χ2n) is 4.14. The third-order valence-electron chi connectivity index (χ3n) is 3.18. The lowest BCUT2D eigenvalue weighted by atomic mass is 10.0. The summed E-state index contributed by atoms with van der Waals surface area (Å²) in [6.45, 7) is 4.56. The Morgan fingerprint density at radius 3 is 2.60 bits per heavy atom. The zero-order valence-corrected chi connectivity index (χ0v) is 6.54. The quantitative estimate of drug-likeness (QED) is 0.504. The zero-order chi connectivity index (χ0) is 7.35. The summed E-state index contributed by atoms with van der Waals surface area (Å²) in [4.78, 5) is 0. The molecule has 1 nitrogen and oxygen atoms in total. The Labute approximate surface area is 61.8 Å². The van der Waals surface area contributed by atoms with Gasteiger partial charge in [-0.3, -0.25) is 0 Å². The van der Waals surface area contributed by atoms with E-state index in [0.717, 1.165) is 18.3 Å². The van der Waals surface area contributed by atoms with Crippen molar-refractivity contribution in [3.63, 3.8) is 0 Å². The SMILES string of the molecule is CC1(C)[C@@H]2C=C[C@H](O)C[C@@H]21. The molecule has 1 N–H and O–H groups in total. The van der Waals surface area contributed by atoms with E-state index < -0.39 is 0 Å². The fourth-order valence-corrected chi connectivity index (χ4v) is 2.21. The lowest BCUT2D eigenvalue weighted by Crippen LogP contribution is -2.07. The molecule has 0 aromatic rings. The molecule has 1 fully saturated rings. The number of aliphatic hydroxyl groups excluding tert-OH is 1. The molecular weight excluding hydrogens is 124 g/mol. The molecule has 0 radical (unpaired) electrons. The molecule has 3 atom stereocenters. The van der Waals surface area contributed by atoms with Crippen LogP contribution in [-0.4, -0.2) is 11.2 Å². The molecule has 1 saturated carbocycles. The highest BCUT2D eigenvalue weighted by Gasteiger charge is 2.57. The number of hydrogen-bond donors (Lipinski definition) is 1. The summed E-state index contributed by atoms with van der Waals surface area (Å²) in [6.07, 6.45) is 4.94. The van der Waals surface area contributed by atoms with Crippen LogP contribution >= 0.6 is 0 Å². The predicted molar refractivity (Wildman–Crippen MR) is 40.5 cm³/mol. The van der Waals surface area contributed by atoms with E-state index in [1.807, 2.05) is 6.08 Å². The Bertz CT molecular complexity index is 181. The maximum absolute atomic E-state index is 9.25. The first-order valence-corrected chi connectivity index (χ1v) is 3.99. The van der Waals surface area contributed by atoms with Crippen LogP contribution in [0.5, 0.6) is 0 Å². The molecule has 2 aliphatic carbocycles. The van der Waals surface area contributed by atoms with Gasteiger partial charge in [0.25, 0.3) is 0 Å². The van der Waals surface area contributed by atoms with E-state index in [1.165, 1.54) is 0 Å². The van der Waals surface area contributed by atoms with Gasteiger partial charge < -0.3 is 5.11 Å². The topological polar surface area (TPSA) is 20.2 Å². The molecular formula is C9H14O. The van der Waals surface area contributed by atoms with Gasteiger partial charge in [0.15, 0.2) is 0 Å². The van der Waals surface area contributed by atoms with Crippen LogP contribution in [-0.2, 0) is 0 Å². The first kappa shape index (κ1) is 6.41. The summed E-state index contributed by atoms with van der Waals surface area (Å²) in [7, 11) is 0. The van der Waals surface area contributed by atoms with Gasteiger partial charge in [-0.05, 0) is 23.7 Å². The van der Waals surface area contributed by atoms with E-state index >= 15 is 0 Å². The van der Waals surface area contributed by atoms with Gasteiger partial charge in [0.2, 0.25) is 0 Å². The van der Waals surface area contributed by atoms with Crippen molar-refractivity contribution in [2.75, 3.05) is 0 Å². The van der Waals surface area contributed by atoms with Crippen molar-refractivity contribution >= 4 is 0 Å². The standard InChI is InChI=1S/C9H14O/c1-9(2)7-4-3-6(10)5-8(7)9/h3-4,6-8,10H,5H2,1-2H3/t6-,7+,8-/m0/s1. The fraction of sp³-hybridized carbons (Fsp3) is 0.778. The number of hydrogen-bond acceptors (Lipinski definition) is 1. The largest absolute Gasteiger partial charge is 0.389 e. The second-order valence-corrected chi connectivity index (χ2v) is 4.14. The van der Waals surface area contributed by atoms with Crippen molar-refractivity contribution in [1.29, 1.82) is 0 Å². The summed E-state index contributed by atoms with van der Waals surface area (Å²) >= 11 is 0. The molecule has 0 aromatic heterocycles. The minimum atomic E-state index is -0.164. The van der Waals surface area contributed by atoms with Gasteiger partial charge >= 0.3 is 0 Å². The van der Waals surface area contributed by atoms with Crippen LogP contribution in [0.4, 0.5) is 0 Å². The Balaban J connectivity index is 2.16. The van der Waals surface area contributed by atoms with Crippen molar-refractivity contribution in [1.82, 2.24) is 0 Å². The average Bonchev–Trinajstić information content (AvgIpc) is 2.36. The lowest BCUT2D eigenvalue weighted by Gasteiger charge is -2.07. The molecule has 0 amide bonds. The van der Waals surface area contributed by atoms with Crippen molar-refractivity contribution < 1.29 is 5.11 Å². The molecule has 0 unspecified atom stereocenters. The van der Waals surface area contributed by atoms with E-state index in [4.69, 9.17) is 0 Å². The second kappa shape index (κ2) is 1.65. The van der Waals surface area contributed by atoms with Crippen LogP contribution in [0.15, 0.2) is 12.2 Å². The molecule has 1 heteroatoms. The number of fused-ring (bicyclic) bond motifs is 1. The first-order chi connectivity index (χ1) is 4.62. The summed E-state index contributed by atoms with van der Waals surface area (Å²) in [6, 6.07) is 0. The summed E-state index contributed by atoms with van der Waals surface area (Å²) in [5.41, 5.74) is 0.480. The van der Waals surface area contributed by atoms with Crippen LogP contribution in [0, 0.1) is 17.3 Å². The number of aliphatic hydroxyl groups is 1. The van der Waals surface area contributed by atoms with Gasteiger partial charge in [-0.15, -0.1) is 0 Å². The third-order valence-corrected chi connectivity index (χ3v) is 3.18. The Hall–Kier alpha value is -0.300. The molecule has 2 aliphatic rings. The number of rotatable bonds is 0. The Kier molecular flexibility index (Phi) is 1.06. The zero-order valence-electron chi connectivity index (χ0n) is 6.54. The van der Waals surface area contributed by atoms with Crippen LogP contribution in [0.3, 0.4) is 0 Å². The highest BCUT2D eigenvalue weighted by Crippen LogP contribution is 2.62. The summed E-state index contributed by atoms with van der Waals surface area (Å²) in [5, 5.41) is 9.25. The molecule has 0 aromatic carbocycles. The number of allylic oxidation sites excluding steroid dienone is 1. The van der Waals surface area contributed by atoms with Crippen LogP contribution < -0.4 is 0 Å². The van der Waals surface area contributed by atoms with Gasteiger partial charge in [-0.2, -0.15) is 0 Å². The Morgan fingerprint density at radius 1 is 1.40 bits per heavy atom. The van der Waals surface area contributed by atoms with Gasteiger partial charge in [-0.1, -0.05) is 26.0 Å². The highest BCUT2D eigenvalue weighted by molar-refractivity contribution is 5.19. The van der Waals surface area contributed by atoms with Gasteiger partial charge in [0, 0.05) is 0 Å². The van der Waals surface area contributed by atoms with Crippen LogP contribution in [0.2, 0.25) is 0 Å². The maximum Gasteiger partial charge on any atom is 0.0724 e. The van der Waals surface area contributed by atoms with Gasteiger partial charge in [0.05, 0.1) is 6.10 Å². The lowest BCUT2D eigenvalue weighted by molar-refractivity contribution is 0.194. The van der Waals surface area contributed by atoms with Crippen molar-refractivity contribution in [2.45, 2.75) is 26.4 Å². The minimum absolute atomic E-state index is 0.164. The van der Waals surface area contributed by atoms with E-state index in [1.54, 1.807) is 0 Å². The van der Waals surface area contributed by atoms with Crippen LogP contribution in [0.1, 0.15) is 20.3 Å². The molecule has 0 aliphatic heterocycles. The average molecular weight is 138 g/mol. The minimum Gasteiger partial charge on any atom is -0.389 e. The van der Waals surface area contributed by atoms with Gasteiger partial charge in [0.1, 0.15) is 0 Å². The van der Waals surface area contributed by atoms with Crippen molar-refractivity contribution in [3.8, 4) is 0 Å². The highest BCUT2D eigenvalue weighted by atomic mass is 16.3.